The highest BCUT2D eigenvalue weighted by Gasteiger charge is 2.42. The summed E-state index contributed by atoms with van der Waals surface area (Å²) in [7, 11) is 0. The lowest BCUT2D eigenvalue weighted by molar-refractivity contribution is -0.153. The van der Waals surface area contributed by atoms with Gasteiger partial charge in [0.25, 0.3) is 0 Å². The first-order chi connectivity index (χ1) is 14.4. The Balaban J connectivity index is 1.83. The van der Waals surface area contributed by atoms with E-state index in [1.54, 1.807) is 43.0 Å². The van der Waals surface area contributed by atoms with Gasteiger partial charge < -0.3 is 19.3 Å². The molecule has 0 radical (unpaired) electrons. The minimum atomic E-state index is -1.10. The Kier molecular flexibility index (Phi) is 7.15. The second-order valence-electron chi connectivity index (χ2n) is 6.84. The lowest BCUT2D eigenvalue weighted by Crippen LogP contribution is -2.58. The molecule has 2 aliphatic rings. The quantitative estimate of drug-likeness (QED) is 0.570. The van der Waals surface area contributed by atoms with Gasteiger partial charge in [0.05, 0.1) is 13.2 Å². The number of amides is 2. The summed E-state index contributed by atoms with van der Waals surface area (Å²) in [6, 6.07) is 6.18. The third kappa shape index (κ3) is 4.84. The number of esters is 1. The van der Waals surface area contributed by atoms with E-state index < -0.39 is 23.8 Å². The van der Waals surface area contributed by atoms with Crippen LogP contribution in [0.3, 0.4) is 0 Å². The van der Waals surface area contributed by atoms with Crippen molar-refractivity contribution in [3.63, 3.8) is 0 Å². The van der Waals surface area contributed by atoms with Gasteiger partial charge in [0.2, 0.25) is 11.9 Å². The van der Waals surface area contributed by atoms with E-state index in [1.807, 2.05) is 4.90 Å². The second-order valence-corrected chi connectivity index (χ2v) is 7.28. The molecule has 9 nitrogen and oxygen atoms in total. The summed E-state index contributed by atoms with van der Waals surface area (Å²) in [5.41, 5.74) is 0.651. The Bertz CT molecular complexity index is 838. The van der Waals surface area contributed by atoms with Crippen molar-refractivity contribution in [1.82, 2.24) is 15.1 Å². The highest BCUT2D eigenvalue weighted by Crippen LogP contribution is 2.32. The summed E-state index contributed by atoms with van der Waals surface area (Å²) < 4.78 is 10.1. The summed E-state index contributed by atoms with van der Waals surface area (Å²) in [6.07, 6.45) is -0.356. The Morgan fingerprint density at radius 2 is 1.87 bits per heavy atom. The zero-order chi connectivity index (χ0) is 21.7. The van der Waals surface area contributed by atoms with Crippen molar-refractivity contribution in [3.05, 3.63) is 34.9 Å². The molecule has 1 N–H and O–H groups in total. The van der Waals surface area contributed by atoms with Crippen molar-refractivity contribution in [2.24, 2.45) is 10.9 Å². The van der Waals surface area contributed by atoms with Gasteiger partial charge in [-0.15, -0.1) is 0 Å². The molecule has 2 aliphatic heterocycles. The fourth-order valence-corrected chi connectivity index (χ4v) is 3.67. The number of carbonyl (C=O) groups excluding carboxylic acids is 3. The lowest BCUT2D eigenvalue weighted by atomic mass is 9.91. The lowest BCUT2D eigenvalue weighted by Gasteiger charge is -2.38. The van der Waals surface area contributed by atoms with Crippen molar-refractivity contribution in [2.75, 3.05) is 39.4 Å². The highest BCUT2D eigenvalue weighted by molar-refractivity contribution is 6.30. The van der Waals surface area contributed by atoms with Gasteiger partial charge in [-0.05, 0) is 31.5 Å². The first-order valence-electron chi connectivity index (χ1n) is 9.92. The van der Waals surface area contributed by atoms with Crippen molar-refractivity contribution in [2.45, 2.75) is 19.9 Å². The fraction of sp³-hybridized carbons (Fsp3) is 0.500. The number of guanidine groups is 1. The van der Waals surface area contributed by atoms with Crippen LogP contribution in [-0.2, 0) is 19.1 Å². The number of nitrogens with one attached hydrogen (secondary N) is 1. The molecule has 2 heterocycles. The van der Waals surface area contributed by atoms with Crippen LogP contribution < -0.4 is 5.32 Å². The Hall–Kier alpha value is -2.81. The first-order valence-corrected chi connectivity index (χ1v) is 10.3. The third-order valence-electron chi connectivity index (χ3n) is 4.93. The third-order valence-corrected chi connectivity index (χ3v) is 5.17. The van der Waals surface area contributed by atoms with Crippen LogP contribution in [0.25, 0.3) is 0 Å². The number of rotatable bonds is 4. The molecule has 2 amide bonds. The monoisotopic (exact) mass is 436 g/mol. The molecule has 0 bridgehead atoms. The van der Waals surface area contributed by atoms with E-state index in [0.717, 1.165) is 0 Å². The Morgan fingerprint density at radius 3 is 2.50 bits per heavy atom. The summed E-state index contributed by atoms with van der Waals surface area (Å²) in [4.78, 5) is 45.4. The van der Waals surface area contributed by atoms with Crippen LogP contribution in [0, 0.1) is 5.92 Å². The molecule has 1 aromatic rings. The maximum absolute atomic E-state index is 12.9. The summed E-state index contributed by atoms with van der Waals surface area (Å²) in [5.74, 6) is -1.84. The minimum Gasteiger partial charge on any atom is -0.465 e. The van der Waals surface area contributed by atoms with E-state index in [2.05, 4.69) is 10.3 Å². The number of carbonyl (C=O) groups is 3. The highest BCUT2D eigenvalue weighted by atomic mass is 35.5. The second kappa shape index (κ2) is 9.80. The number of piperazine rings is 1. The van der Waals surface area contributed by atoms with Gasteiger partial charge >= 0.3 is 12.1 Å². The van der Waals surface area contributed by atoms with Crippen molar-refractivity contribution in [3.8, 4) is 0 Å². The number of halogens is 1. The SMILES string of the molecule is CCOC(=O)[C@@H]1C(=O)NC(N2CCN(C(=O)OCC)CC2)=N[C@H]1c1cccc(Cl)c1. The minimum absolute atomic E-state index is 0.164. The van der Waals surface area contributed by atoms with E-state index in [-0.39, 0.29) is 12.7 Å². The van der Waals surface area contributed by atoms with Crippen molar-refractivity contribution < 1.29 is 23.9 Å². The molecule has 2 atom stereocenters. The number of hydrogen-bond acceptors (Lipinski definition) is 7. The molecule has 30 heavy (non-hydrogen) atoms. The zero-order valence-electron chi connectivity index (χ0n) is 17.0. The van der Waals surface area contributed by atoms with Gasteiger partial charge in [0.15, 0.2) is 5.92 Å². The number of ether oxygens (including phenoxy) is 2. The van der Waals surface area contributed by atoms with E-state index in [4.69, 9.17) is 21.1 Å². The van der Waals surface area contributed by atoms with E-state index in [9.17, 15) is 14.4 Å². The van der Waals surface area contributed by atoms with E-state index >= 15 is 0 Å². The van der Waals surface area contributed by atoms with Crippen LogP contribution in [0.4, 0.5) is 4.79 Å². The van der Waals surface area contributed by atoms with Gasteiger partial charge in [-0.1, -0.05) is 23.7 Å². The fourth-order valence-electron chi connectivity index (χ4n) is 3.47. The maximum atomic E-state index is 12.9. The van der Waals surface area contributed by atoms with Gasteiger partial charge in [-0.25, -0.2) is 9.79 Å². The number of aliphatic imine (C=N–C) groups is 1. The largest absolute Gasteiger partial charge is 0.465 e. The van der Waals surface area contributed by atoms with Crippen LogP contribution >= 0.6 is 11.6 Å². The standard InChI is InChI=1S/C20H25ClN4O5/c1-3-29-18(27)15-16(13-6-5-7-14(21)12-13)22-19(23-17(15)26)24-8-10-25(11-9-24)20(28)30-4-2/h5-7,12,15-16H,3-4,8-11H2,1-2H3,(H,22,23,26)/t15-,16-/m0/s1. The molecular weight excluding hydrogens is 412 g/mol. The molecule has 10 heteroatoms. The predicted octanol–water partition coefficient (Wildman–Crippen LogP) is 1.82. The van der Waals surface area contributed by atoms with Gasteiger partial charge in [0.1, 0.15) is 6.04 Å². The van der Waals surface area contributed by atoms with Crippen LogP contribution in [0.5, 0.6) is 0 Å². The molecule has 0 aromatic heterocycles. The zero-order valence-corrected chi connectivity index (χ0v) is 17.7. The van der Waals surface area contributed by atoms with Gasteiger partial charge in [-0.2, -0.15) is 0 Å². The molecule has 1 aromatic carbocycles. The van der Waals surface area contributed by atoms with Crippen LogP contribution in [0.15, 0.2) is 29.3 Å². The van der Waals surface area contributed by atoms with Crippen molar-refractivity contribution >= 4 is 35.5 Å². The normalized spacial score (nSPS) is 21.6. The number of nitrogens with zero attached hydrogens (tertiary/aromatic N) is 3. The first kappa shape index (κ1) is 21.9. The number of benzene rings is 1. The molecule has 3 rings (SSSR count). The van der Waals surface area contributed by atoms with E-state index in [1.165, 1.54) is 0 Å². The predicted molar refractivity (Wildman–Crippen MR) is 110 cm³/mol. The van der Waals surface area contributed by atoms with E-state index in [0.29, 0.717) is 49.3 Å². The summed E-state index contributed by atoms with van der Waals surface area (Å²) >= 11 is 6.12. The molecule has 162 valence electrons. The summed E-state index contributed by atoms with van der Waals surface area (Å²) in [6.45, 7) is 5.76. The topological polar surface area (TPSA) is 101 Å². The molecule has 0 spiro atoms. The number of hydrogen-bond donors (Lipinski definition) is 1. The molecular formula is C20H25ClN4O5. The average molecular weight is 437 g/mol. The van der Waals surface area contributed by atoms with Gasteiger partial charge in [0, 0.05) is 31.2 Å². The van der Waals surface area contributed by atoms with Crippen molar-refractivity contribution in [1.29, 1.82) is 0 Å². The Morgan fingerprint density at radius 1 is 1.17 bits per heavy atom. The summed E-state index contributed by atoms with van der Waals surface area (Å²) in [5, 5.41) is 3.21. The molecule has 1 saturated heterocycles. The van der Waals surface area contributed by atoms with Crippen LogP contribution in [0.1, 0.15) is 25.5 Å². The van der Waals surface area contributed by atoms with Crippen LogP contribution in [-0.4, -0.2) is 73.1 Å². The molecule has 0 unspecified atom stereocenters. The Labute approximate surface area is 180 Å². The smallest absolute Gasteiger partial charge is 0.409 e. The molecule has 0 aliphatic carbocycles. The molecule has 1 fully saturated rings. The van der Waals surface area contributed by atoms with Gasteiger partial charge in [-0.3, -0.25) is 14.9 Å². The molecule has 0 saturated carbocycles. The average Bonchev–Trinajstić information content (AvgIpc) is 2.73. The maximum Gasteiger partial charge on any atom is 0.409 e. The van der Waals surface area contributed by atoms with Crippen LogP contribution in [0.2, 0.25) is 5.02 Å².